The van der Waals surface area contributed by atoms with E-state index in [9.17, 15) is 17.8 Å². The van der Waals surface area contributed by atoms with Crippen LogP contribution in [0.3, 0.4) is 0 Å². The van der Waals surface area contributed by atoms with Gasteiger partial charge in [0.05, 0.1) is 25.0 Å². The molecule has 2 heterocycles. The summed E-state index contributed by atoms with van der Waals surface area (Å²) < 4.78 is 35.7. The van der Waals surface area contributed by atoms with Gasteiger partial charge in [-0.05, 0) is 60.9 Å². The largest absolute Gasteiger partial charge is 0.724 e. The zero-order valence-corrected chi connectivity index (χ0v) is 30.6. The molecule has 1 fully saturated rings. The van der Waals surface area contributed by atoms with Crippen molar-refractivity contribution in [2.24, 2.45) is 0 Å². The fourth-order valence-corrected chi connectivity index (χ4v) is 9.11. The monoisotopic (exact) mass is 682 g/mol. The lowest BCUT2D eigenvalue weighted by molar-refractivity contribution is -0.0224. The van der Waals surface area contributed by atoms with Crippen LogP contribution < -0.4 is 15.9 Å². The van der Waals surface area contributed by atoms with Crippen LogP contribution in [-0.2, 0) is 14.7 Å². The van der Waals surface area contributed by atoms with E-state index in [4.69, 9.17) is 5.11 Å². The van der Waals surface area contributed by atoms with Crippen molar-refractivity contribution in [2.45, 2.75) is 64.8 Å². The summed E-state index contributed by atoms with van der Waals surface area (Å²) in [5.41, 5.74) is 0.676. The molecule has 1 N–H and O–H groups in total. The highest BCUT2D eigenvalue weighted by atomic mass is 32.3. The van der Waals surface area contributed by atoms with Crippen molar-refractivity contribution in [2.75, 3.05) is 13.2 Å². The number of carbonyl (C=O) groups is 1. The maximum Gasteiger partial charge on any atom is 0.346 e. The van der Waals surface area contributed by atoms with Gasteiger partial charge in [0.25, 0.3) is 0 Å². The van der Waals surface area contributed by atoms with Crippen molar-refractivity contribution < 1.29 is 27.2 Å². The lowest BCUT2D eigenvalue weighted by Crippen LogP contribution is -2.40. The van der Waals surface area contributed by atoms with Crippen molar-refractivity contribution in [3.05, 3.63) is 115 Å². The highest BCUT2D eigenvalue weighted by molar-refractivity contribution is 7.98. The van der Waals surface area contributed by atoms with E-state index in [0.717, 1.165) is 0 Å². The smallest absolute Gasteiger partial charge is 0.346 e. The van der Waals surface area contributed by atoms with Gasteiger partial charge in [-0.1, -0.05) is 101 Å². The summed E-state index contributed by atoms with van der Waals surface area (Å²) in [6.07, 6.45) is 3.84. The Kier molecular flexibility index (Phi) is 13.1. The minimum atomic E-state index is -4.99. The molecule has 0 aliphatic carbocycles. The molecule has 0 aromatic heterocycles. The summed E-state index contributed by atoms with van der Waals surface area (Å²) in [7, 11) is -7.08. The molecule has 2 amide bonds. The van der Waals surface area contributed by atoms with Gasteiger partial charge in [-0.15, -0.1) is 0 Å². The Balaban J connectivity index is 0.000000213. The second-order valence-corrected chi connectivity index (χ2v) is 21.0. The quantitative estimate of drug-likeness (QED) is 0.114. The molecule has 46 heavy (non-hydrogen) atoms. The molecule has 2 bridgehead atoms. The Morgan fingerprint density at radius 3 is 1.67 bits per heavy atom. The molecule has 3 aromatic rings. The third kappa shape index (κ3) is 9.24. The Labute approximate surface area is 277 Å². The molecule has 1 saturated heterocycles. The van der Waals surface area contributed by atoms with E-state index in [0.29, 0.717) is 15.7 Å². The van der Waals surface area contributed by atoms with Gasteiger partial charge in [0.15, 0.2) is 0 Å². The van der Waals surface area contributed by atoms with Gasteiger partial charge in [-0.25, -0.2) is 13.2 Å². The maximum absolute atomic E-state index is 11.8. The second-order valence-electron chi connectivity index (χ2n) is 12.7. The number of hydrogen-bond acceptors (Lipinski definition) is 6. The molecule has 2 atom stereocenters. The first-order valence-corrected chi connectivity index (χ1v) is 21.5. The average molecular weight is 683 g/mol. The number of benzene rings is 3. The number of aliphatic hydroxyl groups excluding tert-OH is 1. The van der Waals surface area contributed by atoms with Gasteiger partial charge in [0.2, 0.25) is 10.4 Å². The van der Waals surface area contributed by atoms with E-state index in [1.807, 2.05) is 0 Å². The minimum absolute atomic E-state index is 0.196. The number of nitrogens with zero attached hydrogens (tertiary/aromatic N) is 2. The van der Waals surface area contributed by atoms with Crippen LogP contribution in [0.1, 0.15) is 34.6 Å². The van der Waals surface area contributed by atoms with Crippen LogP contribution in [0.2, 0.25) is 18.1 Å². The molecule has 2 aliphatic heterocycles. The van der Waals surface area contributed by atoms with Crippen molar-refractivity contribution in [1.82, 2.24) is 9.96 Å². The third-order valence-corrected chi connectivity index (χ3v) is 16.3. The summed E-state index contributed by atoms with van der Waals surface area (Å²) in [5, 5.41) is 14.5. The molecule has 8 nitrogen and oxygen atoms in total. The first-order valence-electron chi connectivity index (χ1n) is 15.4. The maximum atomic E-state index is 11.8. The van der Waals surface area contributed by atoms with Crippen molar-refractivity contribution in [3.63, 3.8) is 0 Å². The van der Waals surface area contributed by atoms with Gasteiger partial charge in [-0.2, -0.15) is 9.35 Å². The number of fused-ring (bicyclic) bond motifs is 2. The Morgan fingerprint density at radius 1 is 0.935 bits per heavy atom. The molecule has 3 aromatic carbocycles. The summed E-state index contributed by atoms with van der Waals surface area (Å²) in [6.45, 7) is 15.5. The van der Waals surface area contributed by atoms with E-state index >= 15 is 0 Å². The van der Waals surface area contributed by atoms with Crippen molar-refractivity contribution in [3.8, 4) is 0 Å². The second kappa shape index (κ2) is 16.1. The fraction of sp³-hybridized carbons (Fsp3) is 0.343. The average Bonchev–Trinajstić information content (AvgIpc) is 3.30. The number of rotatable bonds is 7. The molecule has 0 saturated carbocycles. The number of aliphatic hydroxyl groups is 1. The number of urea groups is 1. The van der Waals surface area contributed by atoms with Gasteiger partial charge < -0.3 is 14.6 Å². The first-order chi connectivity index (χ1) is 21.7. The third-order valence-electron chi connectivity index (χ3n) is 8.42. The Morgan fingerprint density at radius 2 is 1.35 bits per heavy atom. The number of amides is 2. The minimum Gasteiger partial charge on any atom is -0.724 e. The van der Waals surface area contributed by atoms with Crippen LogP contribution in [0.15, 0.2) is 115 Å². The first kappa shape index (κ1) is 37.3. The summed E-state index contributed by atoms with van der Waals surface area (Å²) in [6, 6.07) is 30.8. The zero-order valence-electron chi connectivity index (χ0n) is 27.8. The van der Waals surface area contributed by atoms with Crippen LogP contribution in [0.25, 0.3) is 0 Å². The van der Waals surface area contributed by atoms with E-state index in [2.05, 4.69) is 148 Å². The summed E-state index contributed by atoms with van der Waals surface area (Å²) >= 11 is 0. The van der Waals surface area contributed by atoms with Crippen LogP contribution in [-0.4, -0.2) is 68.1 Å². The molecule has 0 spiro atoms. The molecule has 11 heteroatoms. The topological polar surface area (TPSA) is 110 Å². The molecule has 0 radical (unpaired) electrons. The molecule has 248 valence electrons. The van der Waals surface area contributed by atoms with Crippen LogP contribution >= 0.6 is 7.26 Å². The van der Waals surface area contributed by atoms with Gasteiger partial charge in [0.1, 0.15) is 29.2 Å². The SMILES string of the molecule is C/C=C/[P+](c1ccccc1)(c1ccccc1)c1ccccc1.CC1=C[C@@H](CO)N2C[C@@H]1N(OS(=O)(=O)[O-])C2=O.C[SiH](C)C(C)(C)C. The highest BCUT2D eigenvalue weighted by Crippen LogP contribution is 2.56. The number of hydroxylamine groups is 2. The summed E-state index contributed by atoms with van der Waals surface area (Å²) in [5.74, 6) is 2.41. The molecule has 0 unspecified atom stereocenters. The normalized spacial score (nSPS) is 18.1. The van der Waals surface area contributed by atoms with Gasteiger partial charge in [-0.3, -0.25) is 0 Å². The van der Waals surface area contributed by atoms with Crippen LogP contribution in [0.4, 0.5) is 4.79 Å². The van der Waals surface area contributed by atoms with E-state index in [-0.39, 0.29) is 21.9 Å². The van der Waals surface area contributed by atoms with Gasteiger partial charge >= 0.3 is 6.03 Å². The van der Waals surface area contributed by atoms with Crippen LogP contribution in [0, 0.1) is 0 Å². The molecular weight excluding hydrogens is 636 g/mol. The predicted molar refractivity (Wildman–Crippen MR) is 192 cm³/mol. The van der Waals surface area contributed by atoms with Crippen molar-refractivity contribution >= 4 is 48.4 Å². The summed E-state index contributed by atoms with van der Waals surface area (Å²) in [4.78, 5) is 13.0. The lowest BCUT2D eigenvalue weighted by Gasteiger charge is -2.26. The van der Waals surface area contributed by atoms with E-state index in [1.165, 1.54) is 20.8 Å². The van der Waals surface area contributed by atoms with Crippen LogP contribution in [0.5, 0.6) is 0 Å². The zero-order chi connectivity index (χ0) is 34.1. The standard InChI is InChI=1S/C21H20P.C8H12N2O6S.C6H16Si/c1-2-18-22(19-12-6-3-7-13-19,20-14-8-4-9-15-20)21-16-10-5-11-17-21;1-5-2-6(4-11)9-3-7(5)10(8(9)12)16-17(13,14)15;1-6(2,3)7(4)5/h2-18H,1H3;2,6-7,11H,3-4H2,1H3,(H,13,14,15);7H,1-5H3/q+1;;/p-1/b18-2+;;/t;6-,7-;/m.0./s1. The predicted octanol–water partition coefficient (Wildman–Crippen LogP) is 5.59. The molecule has 2 aliphatic rings. The Hall–Kier alpha value is -3.11. The highest BCUT2D eigenvalue weighted by Gasteiger charge is 2.46. The van der Waals surface area contributed by atoms with Crippen molar-refractivity contribution in [1.29, 1.82) is 0 Å². The molecule has 5 rings (SSSR count). The fourth-order valence-electron chi connectivity index (χ4n) is 4.96. The number of carbonyl (C=O) groups excluding carboxylic acids is 1. The Bertz CT molecular complexity index is 1480. The molecular formula is C35H47N2O6PSSi. The number of allylic oxidation sites excluding steroid dienone is 1. The van der Waals surface area contributed by atoms with E-state index < -0.39 is 35.8 Å². The lowest BCUT2D eigenvalue weighted by atomic mass is 10.0. The van der Waals surface area contributed by atoms with E-state index in [1.54, 1.807) is 13.0 Å². The number of hydrogen-bond donors (Lipinski definition) is 1. The van der Waals surface area contributed by atoms with Gasteiger partial charge in [0, 0.05) is 8.80 Å².